The van der Waals surface area contributed by atoms with Gasteiger partial charge < -0.3 is 61.6 Å². The Bertz CT molecular complexity index is 4540. The molecule has 0 bridgehead atoms. The number of hydrogen-bond donors (Lipinski definition) is 10. The number of nitrogens with one attached hydrogen (secondary N) is 10. The number of fused-ring (bicyclic) bond motifs is 2. The third-order valence-corrected chi connectivity index (χ3v) is 24.9. The zero-order valence-corrected chi connectivity index (χ0v) is 67.6. The molecule has 5 aromatic heterocycles. The van der Waals surface area contributed by atoms with E-state index in [9.17, 15) is 43.2 Å². The number of carbonyl (C=O) groups excluding carboxylic acids is 9. The first-order valence-electron chi connectivity index (χ1n) is 40.8. The lowest BCUT2D eigenvalue weighted by molar-refractivity contribution is -0.138. The second-order valence-corrected chi connectivity index (χ2v) is 33.4. The highest BCUT2D eigenvalue weighted by molar-refractivity contribution is 7.14. The van der Waals surface area contributed by atoms with Crippen LogP contribution in [0.5, 0.6) is 0 Å². The fourth-order valence-electron chi connectivity index (χ4n) is 16.6. The Balaban J connectivity index is 0.466. The standard InChI is InChI=1S/C80H104Cl2N20O12S/c1-99-63(34-46-8-9-46)57(39-91-99)70-59(81)41-89-79(97-70)94-52-16-12-50(13-17-52)87-44-68(106)85-26-28-112-30-32-114-33-31-113-29-27-86-72-54(18-19-55-69(72)77(110)102(76(55)109)62-21-23-66(104)96-75(62)108)56-36-47(56)37-64-58(40-92-100(64)2)71-60(82)42-90-80(98-71)93-51-14-10-49(11-15-51)84-25-7-5-3-4-6-24-83-43-67(105)88-38-53-35-48-45-101(78(111)73(48)115-53)61-20-22-65(103)95-74(61)107/h18-19,35,39-42,46-47,49-52,56,61-62,83-84,86-87H,3-17,20-34,36-38,43-45H2,1-2H3,(H,85,106)(H,88,105)(H,89,94,97)(H,90,93,98)(H,95,103,107)(H,96,104,108)/t47?,49-,50-,51-,52-,56?,61?,62?. The average molecular weight is 1640 g/mol. The number of piperidine rings is 2. The second kappa shape index (κ2) is 38.9. The number of unbranched alkanes of at least 4 members (excludes halogenated alkanes) is 4. The van der Waals surface area contributed by atoms with Gasteiger partial charge in [0.05, 0.1) is 127 Å². The summed E-state index contributed by atoms with van der Waals surface area (Å²) in [7, 11) is 3.86. The molecule has 14 rings (SSSR count). The van der Waals surface area contributed by atoms with Gasteiger partial charge in [-0.25, -0.2) is 19.9 Å². The number of rotatable bonds is 42. The molecule has 0 radical (unpaired) electrons. The summed E-state index contributed by atoms with van der Waals surface area (Å²) in [6.45, 7) is 5.26. The van der Waals surface area contributed by atoms with Crippen molar-refractivity contribution >= 4 is 105 Å². The Morgan fingerprint density at radius 3 is 1.76 bits per heavy atom. The minimum atomic E-state index is -1.12. The van der Waals surface area contributed by atoms with Gasteiger partial charge in [-0.1, -0.05) is 48.5 Å². The topological polar surface area (TPSA) is 395 Å². The summed E-state index contributed by atoms with van der Waals surface area (Å²) >= 11 is 14.9. The molecule has 4 unspecified atom stereocenters. The lowest BCUT2D eigenvalue weighted by Crippen LogP contribution is -2.54. The number of carbonyl (C=O) groups is 9. The molecule has 35 heteroatoms. The zero-order chi connectivity index (χ0) is 80.1. The molecule has 2 saturated heterocycles. The summed E-state index contributed by atoms with van der Waals surface area (Å²) < 4.78 is 21.2. The van der Waals surface area contributed by atoms with Gasteiger partial charge in [0.2, 0.25) is 47.3 Å². The second-order valence-electron chi connectivity index (χ2n) is 31.4. The van der Waals surface area contributed by atoms with Crippen molar-refractivity contribution < 1.29 is 57.4 Å². The molecule has 9 heterocycles. The Morgan fingerprint density at radius 2 is 1.14 bits per heavy atom. The maximum Gasteiger partial charge on any atom is 0.265 e. The molecule has 8 aliphatic rings. The molecule has 4 aliphatic heterocycles. The first-order valence-corrected chi connectivity index (χ1v) is 42.4. The van der Waals surface area contributed by atoms with Crippen LogP contribution >= 0.6 is 34.5 Å². The normalized spacial score (nSPS) is 22.0. The largest absolute Gasteiger partial charge is 0.382 e. The molecule has 4 atom stereocenters. The van der Waals surface area contributed by atoms with Crippen molar-refractivity contribution in [3.05, 3.63) is 96.4 Å². The summed E-state index contributed by atoms with van der Waals surface area (Å²) in [6.07, 6.45) is 25.3. The van der Waals surface area contributed by atoms with Crippen molar-refractivity contribution in [1.82, 2.24) is 86.5 Å². The number of halogens is 2. The zero-order valence-electron chi connectivity index (χ0n) is 65.2. The summed E-state index contributed by atoms with van der Waals surface area (Å²) in [5.74, 6) is -1.65. The number of aryl methyl sites for hydroxylation is 2. The smallest absolute Gasteiger partial charge is 0.265 e. The Morgan fingerprint density at radius 1 is 0.574 bits per heavy atom. The van der Waals surface area contributed by atoms with Gasteiger partial charge in [-0.3, -0.25) is 68.0 Å². The molecule has 115 heavy (non-hydrogen) atoms. The lowest BCUT2D eigenvalue weighted by atomic mass is 9.91. The van der Waals surface area contributed by atoms with Gasteiger partial charge in [-0.2, -0.15) is 10.2 Å². The number of hydrogen-bond acceptors (Lipinski definition) is 25. The lowest BCUT2D eigenvalue weighted by Gasteiger charge is -2.30. The average Bonchev–Trinajstić information content (AvgIpc) is 1.58. The van der Waals surface area contributed by atoms with E-state index in [2.05, 4.69) is 73.3 Å². The first kappa shape index (κ1) is 82.6. The molecule has 616 valence electrons. The SMILES string of the molecule is Cn1ncc(-c2nc(N[C@H]3CC[C@H](NCC(=O)NCCOCCOCCOCCNc4c(C5CC5Cc5c(-c6nc(N[C@H]7CC[C@H](NCCCCCCCNCC(=O)NCc8cc9c(s8)C(=O)N(C8CCC(=O)NC8=O)C9)CC7)ncc6Cl)cnn5C)ccc5c4C(=O)N(C4CCC(=O)NC4=O)C5=O)CC3)ncc2Cl)c1CC1CC1. The molecule has 1 aromatic carbocycles. The van der Waals surface area contributed by atoms with E-state index in [0.29, 0.717) is 115 Å². The number of thiophene rings is 1. The first-order chi connectivity index (χ1) is 55.9. The highest BCUT2D eigenvalue weighted by Gasteiger charge is 2.49. The maximum absolute atomic E-state index is 14.5. The molecule has 9 amide bonds. The van der Waals surface area contributed by atoms with Crippen LogP contribution in [0, 0.1) is 11.8 Å². The van der Waals surface area contributed by atoms with Crippen LogP contribution in [-0.2, 0) is 83.0 Å². The summed E-state index contributed by atoms with van der Waals surface area (Å²) in [5, 5.41) is 41.6. The van der Waals surface area contributed by atoms with Gasteiger partial charge >= 0.3 is 0 Å². The number of nitrogens with zero attached hydrogens (tertiary/aromatic N) is 10. The van der Waals surface area contributed by atoms with Crippen LogP contribution in [0.3, 0.4) is 0 Å². The van der Waals surface area contributed by atoms with Crippen molar-refractivity contribution in [3.63, 3.8) is 0 Å². The number of anilines is 3. The molecule has 10 N–H and O–H groups in total. The van der Waals surface area contributed by atoms with E-state index in [4.69, 9.17) is 47.4 Å². The van der Waals surface area contributed by atoms with E-state index in [1.54, 1.807) is 24.7 Å². The minimum Gasteiger partial charge on any atom is -0.382 e. The third-order valence-electron chi connectivity index (χ3n) is 23.2. The summed E-state index contributed by atoms with van der Waals surface area (Å²) in [5.41, 5.74) is 7.68. The van der Waals surface area contributed by atoms with Crippen molar-refractivity contribution in [2.24, 2.45) is 25.9 Å². The van der Waals surface area contributed by atoms with Crippen molar-refractivity contribution in [1.29, 1.82) is 0 Å². The van der Waals surface area contributed by atoms with E-state index >= 15 is 0 Å². The van der Waals surface area contributed by atoms with Crippen LogP contribution in [0.15, 0.2) is 43.0 Å². The van der Waals surface area contributed by atoms with Gasteiger partial charge in [-0.05, 0) is 163 Å². The number of aromatic nitrogens is 8. The van der Waals surface area contributed by atoms with E-state index in [1.165, 1.54) is 29.1 Å². The van der Waals surface area contributed by atoms with Gasteiger partial charge in [0.25, 0.3) is 17.7 Å². The maximum atomic E-state index is 14.5. The summed E-state index contributed by atoms with van der Waals surface area (Å²) in [6, 6.07) is 4.75. The number of benzene rings is 1. The molecule has 4 aliphatic carbocycles. The number of imide groups is 3. The van der Waals surface area contributed by atoms with Gasteiger partial charge in [0.15, 0.2) is 0 Å². The van der Waals surface area contributed by atoms with E-state index in [1.807, 2.05) is 41.8 Å². The van der Waals surface area contributed by atoms with Crippen LogP contribution in [0.4, 0.5) is 17.6 Å². The predicted octanol–water partition coefficient (Wildman–Crippen LogP) is 6.66. The van der Waals surface area contributed by atoms with E-state index < -0.39 is 41.6 Å². The fourth-order valence-corrected chi connectivity index (χ4v) is 18.0. The number of ether oxygens (including phenoxy) is 3. The molecule has 32 nitrogen and oxygen atoms in total. The van der Waals surface area contributed by atoms with Crippen molar-refractivity contribution in [3.8, 4) is 22.5 Å². The van der Waals surface area contributed by atoms with Crippen LogP contribution in [0.2, 0.25) is 10.0 Å². The van der Waals surface area contributed by atoms with Crippen molar-refractivity contribution in [2.45, 2.75) is 197 Å². The van der Waals surface area contributed by atoms with Gasteiger partial charge in [-0.15, -0.1) is 11.3 Å². The van der Waals surface area contributed by atoms with Crippen LogP contribution in [0.25, 0.3) is 22.5 Å². The molecule has 0 spiro atoms. The molecule has 6 aromatic rings. The molecular weight excluding hydrogens is 1540 g/mol. The van der Waals surface area contributed by atoms with Crippen LogP contribution in [0.1, 0.15) is 192 Å². The van der Waals surface area contributed by atoms with Gasteiger partial charge in [0, 0.05) is 98.1 Å². The predicted molar refractivity (Wildman–Crippen MR) is 430 cm³/mol. The minimum absolute atomic E-state index is 0.00111. The Hall–Kier alpha value is -8.93. The van der Waals surface area contributed by atoms with E-state index in [-0.39, 0.29) is 117 Å². The highest BCUT2D eigenvalue weighted by Crippen LogP contribution is 2.54. The molecule has 4 saturated carbocycles. The summed E-state index contributed by atoms with van der Waals surface area (Å²) in [4.78, 5) is 139. The van der Waals surface area contributed by atoms with Gasteiger partial charge in [0.1, 0.15) is 12.1 Å². The highest BCUT2D eigenvalue weighted by atomic mass is 35.5. The Kier molecular flexibility index (Phi) is 27.9. The van der Waals surface area contributed by atoms with Crippen LogP contribution < -0.4 is 53.2 Å². The monoisotopic (exact) mass is 1640 g/mol. The number of amides is 9. The third kappa shape index (κ3) is 21.1. The molecular formula is C80H104Cl2N20O12S. The van der Waals surface area contributed by atoms with E-state index in [0.717, 1.165) is 153 Å². The van der Waals surface area contributed by atoms with Crippen molar-refractivity contribution in [2.75, 3.05) is 94.9 Å². The van der Waals surface area contributed by atoms with Crippen LogP contribution in [-0.4, -0.2) is 218 Å². The molecule has 6 fully saturated rings. The fraction of sp³-hybridized carbons (Fsp3) is 0.588. The quantitative estimate of drug-likeness (QED) is 0.0141. The Labute approximate surface area is 681 Å².